The van der Waals surface area contributed by atoms with Crippen molar-refractivity contribution < 1.29 is 19.0 Å². The number of carbonyl (C=O) groups excluding carboxylic acids is 1. The number of ether oxygens (including phenoxy) is 3. The molecule has 2 aromatic carbocycles. The summed E-state index contributed by atoms with van der Waals surface area (Å²) in [5.74, 6) is 1.55. The van der Waals surface area contributed by atoms with E-state index in [-0.39, 0.29) is 23.5 Å². The molecule has 4 rings (SSSR count). The maximum absolute atomic E-state index is 12.1. The first-order chi connectivity index (χ1) is 14.5. The number of methoxy groups -OCH3 is 2. The van der Waals surface area contributed by atoms with Crippen LogP contribution in [0.4, 0.5) is 4.79 Å². The third kappa shape index (κ3) is 3.72. The van der Waals surface area contributed by atoms with E-state index in [9.17, 15) is 4.79 Å². The average molecular weight is 411 g/mol. The van der Waals surface area contributed by atoms with Gasteiger partial charge in [-0.15, -0.1) is 0 Å². The van der Waals surface area contributed by atoms with Crippen molar-refractivity contribution in [2.45, 2.75) is 31.8 Å². The maximum Gasteiger partial charge on any atom is 0.409 e. The Hall–Kier alpha value is -2.73. The molecule has 1 fully saturated rings. The van der Waals surface area contributed by atoms with Crippen LogP contribution < -0.4 is 15.2 Å². The van der Waals surface area contributed by atoms with Crippen LogP contribution in [-0.2, 0) is 17.6 Å². The summed E-state index contributed by atoms with van der Waals surface area (Å²) in [5.41, 5.74) is 9.70. The number of amides is 1. The first-order valence-corrected chi connectivity index (χ1v) is 10.4. The van der Waals surface area contributed by atoms with Crippen LogP contribution in [-0.4, -0.2) is 51.0 Å². The first kappa shape index (κ1) is 20.5. The van der Waals surface area contributed by atoms with Gasteiger partial charge >= 0.3 is 6.09 Å². The number of rotatable bonds is 5. The molecule has 2 aromatic rings. The third-order valence-electron chi connectivity index (χ3n) is 6.59. The highest BCUT2D eigenvalue weighted by molar-refractivity contribution is 5.68. The number of hydrogen-bond donors (Lipinski definition) is 1. The lowest BCUT2D eigenvalue weighted by molar-refractivity contribution is 0.128. The molecule has 0 spiro atoms. The lowest BCUT2D eigenvalue weighted by Crippen LogP contribution is -2.35. The first-order valence-electron chi connectivity index (χ1n) is 10.4. The number of nitrogens with two attached hydrogens (primary N) is 1. The Balaban J connectivity index is 1.59. The molecule has 0 saturated carbocycles. The number of carbonyl (C=O) groups is 1. The molecule has 1 aliphatic carbocycles. The van der Waals surface area contributed by atoms with Gasteiger partial charge < -0.3 is 24.8 Å². The molecular formula is C24H30N2O4. The van der Waals surface area contributed by atoms with E-state index in [2.05, 4.69) is 43.3 Å². The topological polar surface area (TPSA) is 74.0 Å². The van der Waals surface area contributed by atoms with Crippen molar-refractivity contribution in [3.05, 3.63) is 59.2 Å². The summed E-state index contributed by atoms with van der Waals surface area (Å²) in [6.45, 7) is 3.74. The zero-order chi connectivity index (χ0) is 21.3. The predicted octanol–water partition coefficient (Wildman–Crippen LogP) is 3.37. The largest absolute Gasteiger partial charge is 0.493 e. The monoisotopic (exact) mass is 410 g/mol. The fraction of sp³-hybridized carbons (Fsp3) is 0.458. The molecule has 0 radical (unpaired) electrons. The normalized spacial score (nSPS) is 23.3. The van der Waals surface area contributed by atoms with Gasteiger partial charge in [0.2, 0.25) is 0 Å². The second-order valence-electron chi connectivity index (χ2n) is 8.59. The van der Waals surface area contributed by atoms with Gasteiger partial charge in [0.1, 0.15) is 6.10 Å². The van der Waals surface area contributed by atoms with E-state index >= 15 is 0 Å². The molecular weight excluding hydrogens is 380 g/mol. The van der Waals surface area contributed by atoms with Crippen LogP contribution in [0.1, 0.15) is 29.5 Å². The molecule has 2 atom stereocenters. The second kappa shape index (κ2) is 8.19. The summed E-state index contributed by atoms with van der Waals surface area (Å²) >= 11 is 0. The highest BCUT2D eigenvalue weighted by Gasteiger charge is 2.45. The van der Waals surface area contributed by atoms with E-state index in [1.165, 1.54) is 18.2 Å². The Kier molecular flexibility index (Phi) is 5.60. The van der Waals surface area contributed by atoms with Gasteiger partial charge in [0, 0.05) is 43.8 Å². The number of hydrogen-bond acceptors (Lipinski definition) is 5. The van der Waals surface area contributed by atoms with Crippen molar-refractivity contribution in [1.29, 1.82) is 0 Å². The van der Waals surface area contributed by atoms with Crippen LogP contribution in [0.5, 0.6) is 11.5 Å². The van der Waals surface area contributed by atoms with Crippen molar-refractivity contribution in [2.75, 3.05) is 33.9 Å². The molecule has 2 aliphatic rings. The Bertz CT molecular complexity index is 906. The van der Waals surface area contributed by atoms with Crippen molar-refractivity contribution in [1.82, 2.24) is 4.90 Å². The van der Waals surface area contributed by atoms with Crippen LogP contribution in [0.15, 0.2) is 42.5 Å². The highest BCUT2D eigenvalue weighted by atomic mass is 16.5. The minimum absolute atomic E-state index is 0.0857. The zero-order valence-electron chi connectivity index (χ0n) is 17.9. The summed E-state index contributed by atoms with van der Waals surface area (Å²) in [6.07, 6.45) is 1.56. The standard InChI is InChI=1S/C24H30N2O4/c1-24(14-25)15-26(23(27)29-3)13-20(24)18-8-9-21(28-2)22(12-18)30-19-10-16-6-4-5-7-17(16)11-19/h4-9,12,19-20H,10-11,13-15,25H2,1-3H3/t20?,24-/m1/s1. The summed E-state index contributed by atoms with van der Waals surface area (Å²) in [7, 11) is 3.07. The quantitative estimate of drug-likeness (QED) is 0.818. The summed E-state index contributed by atoms with van der Waals surface area (Å²) < 4.78 is 16.9. The number of fused-ring (bicyclic) bond motifs is 1. The Labute approximate surface area is 177 Å². The minimum Gasteiger partial charge on any atom is -0.493 e. The van der Waals surface area contributed by atoms with Crippen LogP contribution in [0.3, 0.4) is 0 Å². The fourth-order valence-corrected chi connectivity index (χ4v) is 4.82. The van der Waals surface area contributed by atoms with E-state index in [0.717, 1.165) is 24.2 Å². The molecule has 0 bridgehead atoms. The molecule has 1 heterocycles. The lowest BCUT2D eigenvalue weighted by Gasteiger charge is -2.29. The van der Waals surface area contributed by atoms with Gasteiger partial charge in [-0.1, -0.05) is 37.3 Å². The number of nitrogens with zero attached hydrogens (tertiary/aromatic N) is 1. The van der Waals surface area contributed by atoms with Gasteiger partial charge in [0.25, 0.3) is 0 Å². The van der Waals surface area contributed by atoms with E-state index in [1.807, 2.05) is 6.07 Å². The molecule has 0 aromatic heterocycles. The van der Waals surface area contributed by atoms with Gasteiger partial charge in [0.05, 0.1) is 14.2 Å². The average Bonchev–Trinajstić information content (AvgIpc) is 3.34. The SMILES string of the molecule is COC(=O)N1CC(c2ccc(OC)c(OC3Cc4ccccc4C3)c2)[C@](C)(CN)C1. The Morgan fingerprint density at radius 2 is 1.83 bits per heavy atom. The molecule has 6 heteroatoms. The molecule has 30 heavy (non-hydrogen) atoms. The molecule has 1 saturated heterocycles. The van der Waals surface area contributed by atoms with Gasteiger partial charge in [-0.25, -0.2) is 4.79 Å². The van der Waals surface area contributed by atoms with Crippen molar-refractivity contribution >= 4 is 6.09 Å². The molecule has 2 N–H and O–H groups in total. The van der Waals surface area contributed by atoms with Crippen molar-refractivity contribution in [2.24, 2.45) is 11.1 Å². The molecule has 1 unspecified atom stereocenters. The Morgan fingerprint density at radius 1 is 1.13 bits per heavy atom. The summed E-state index contributed by atoms with van der Waals surface area (Å²) in [6, 6.07) is 14.5. The van der Waals surface area contributed by atoms with E-state index in [1.54, 1.807) is 12.0 Å². The third-order valence-corrected chi connectivity index (χ3v) is 6.59. The van der Waals surface area contributed by atoms with Crippen LogP contribution in [0, 0.1) is 5.41 Å². The van der Waals surface area contributed by atoms with Crippen molar-refractivity contribution in [3.8, 4) is 11.5 Å². The molecule has 1 amide bonds. The summed E-state index contributed by atoms with van der Waals surface area (Å²) in [4.78, 5) is 13.9. The van der Waals surface area contributed by atoms with Gasteiger partial charge in [0.15, 0.2) is 11.5 Å². The van der Waals surface area contributed by atoms with Crippen LogP contribution in [0.2, 0.25) is 0 Å². The minimum atomic E-state index is -0.314. The van der Waals surface area contributed by atoms with Crippen LogP contribution in [0.25, 0.3) is 0 Å². The zero-order valence-corrected chi connectivity index (χ0v) is 17.9. The Morgan fingerprint density at radius 3 is 2.43 bits per heavy atom. The number of likely N-dealkylation sites (tertiary alicyclic amines) is 1. The van der Waals surface area contributed by atoms with E-state index in [4.69, 9.17) is 19.9 Å². The van der Waals surface area contributed by atoms with E-state index in [0.29, 0.717) is 25.4 Å². The van der Waals surface area contributed by atoms with Gasteiger partial charge in [-0.3, -0.25) is 0 Å². The molecule has 1 aliphatic heterocycles. The predicted molar refractivity (Wildman–Crippen MR) is 115 cm³/mol. The summed E-state index contributed by atoms with van der Waals surface area (Å²) in [5, 5.41) is 0. The van der Waals surface area contributed by atoms with Gasteiger partial charge in [-0.2, -0.15) is 0 Å². The lowest BCUT2D eigenvalue weighted by atomic mass is 9.76. The maximum atomic E-state index is 12.1. The smallest absolute Gasteiger partial charge is 0.409 e. The molecule has 6 nitrogen and oxygen atoms in total. The number of benzene rings is 2. The van der Waals surface area contributed by atoms with Gasteiger partial charge in [-0.05, 0) is 28.8 Å². The highest BCUT2D eigenvalue weighted by Crippen LogP contribution is 2.44. The second-order valence-corrected chi connectivity index (χ2v) is 8.59. The fourth-order valence-electron chi connectivity index (χ4n) is 4.82. The van der Waals surface area contributed by atoms with E-state index < -0.39 is 0 Å². The van der Waals surface area contributed by atoms with Crippen LogP contribution >= 0.6 is 0 Å². The van der Waals surface area contributed by atoms with Crippen molar-refractivity contribution in [3.63, 3.8) is 0 Å². The molecule has 160 valence electrons.